The van der Waals surface area contributed by atoms with Crippen molar-refractivity contribution in [2.75, 3.05) is 26.0 Å². The van der Waals surface area contributed by atoms with Crippen molar-refractivity contribution in [1.82, 2.24) is 30.0 Å². The smallest absolute Gasteiger partial charge is 0.238 e. The van der Waals surface area contributed by atoms with Crippen LogP contribution in [0, 0.1) is 0 Å². The minimum absolute atomic E-state index is 0.0818. The van der Waals surface area contributed by atoms with Gasteiger partial charge in [0.25, 0.3) is 0 Å². The average molecular weight is 494 g/mol. The molecular weight excluding hydrogens is 470 g/mol. The lowest BCUT2D eigenvalue weighted by Gasteiger charge is -2.11. The summed E-state index contributed by atoms with van der Waals surface area (Å²) in [5.41, 5.74) is 8.32. The zero-order valence-corrected chi connectivity index (χ0v) is 20.6. The second-order valence-corrected chi connectivity index (χ2v) is 9.68. The normalized spacial score (nSPS) is 11.5. The Morgan fingerprint density at radius 1 is 0.972 bits per heavy atom. The zero-order valence-electron chi connectivity index (χ0n) is 19.7. The molecule has 9 heteroatoms. The molecule has 1 amide bonds. The monoisotopic (exact) mass is 493 g/mol. The van der Waals surface area contributed by atoms with E-state index in [1.807, 2.05) is 49.5 Å². The van der Waals surface area contributed by atoms with Gasteiger partial charge in [-0.2, -0.15) is 16.4 Å². The van der Waals surface area contributed by atoms with Crippen LogP contribution in [0.1, 0.15) is 0 Å². The number of benzene rings is 1. The minimum atomic E-state index is -0.0818. The third kappa shape index (κ3) is 4.15. The summed E-state index contributed by atoms with van der Waals surface area (Å²) < 4.78 is 0. The first-order valence-corrected chi connectivity index (χ1v) is 12.4. The molecule has 8 nitrogen and oxygen atoms in total. The van der Waals surface area contributed by atoms with Gasteiger partial charge in [0.2, 0.25) is 5.91 Å². The van der Waals surface area contributed by atoms with Gasteiger partial charge in [-0.25, -0.2) is 0 Å². The number of hydrogen-bond acceptors (Lipinski definition) is 6. The number of hydrogen-bond donors (Lipinski definition) is 3. The highest BCUT2D eigenvalue weighted by molar-refractivity contribution is 7.08. The molecule has 0 spiro atoms. The number of rotatable bonds is 6. The van der Waals surface area contributed by atoms with E-state index in [9.17, 15) is 4.79 Å². The maximum atomic E-state index is 12.2. The number of aromatic amines is 2. The number of likely N-dealkylation sites (N-methyl/N-ethyl adjacent to an activating group) is 1. The topological polar surface area (TPSA) is 103 Å². The molecule has 0 radical (unpaired) electrons. The Kier molecular flexibility index (Phi) is 5.55. The number of anilines is 1. The molecule has 178 valence electrons. The van der Waals surface area contributed by atoms with Crippen molar-refractivity contribution in [1.29, 1.82) is 0 Å². The molecule has 6 aromatic rings. The number of nitrogens with one attached hydrogen (secondary N) is 3. The van der Waals surface area contributed by atoms with E-state index >= 15 is 0 Å². The van der Waals surface area contributed by atoms with Gasteiger partial charge in [-0.1, -0.05) is 6.07 Å². The molecule has 0 saturated heterocycles. The number of nitrogens with zero attached hydrogens (tertiary/aromatic N) is 4. The van der Waals surface area contributed by atoms with Crippen LogP contribution in [0.5, 0.6) is 0 Å². The molecule has 0 aliphatic carbocycles. The maximum absolute atomic E-state index is 12.2. The van der Waals surface area contributed by atoms with Crippen LogP contribution >= 0.6 is 11.3 Å². The second kappa shape index (κ2) is 9.03. The first-order valence-electron chi connectivity index (χ1n) is 11.4. The SMILES string of the molecule is CN(C)CC(=O)Nc1cncc(-c2ccc3[nH]nc(-c4cc5c(-c6ccsc6)nccc5[nH]4)c3c2)c1. The van der Waals surface area contributed by atoms with Gasteiger partial charge in [-0.05, 0) is 61.4 Å². The van der Waals surface area contributed by atoms with E-state index in [-0.39, 0.29) is 5.91 Å². The number of thiophene rings is 1. The number of carbonyl (C=O) groups excluding carboxylic acids is 1. The van der Waals surface area contributed by atoms with Crippen LogP contribution in [0.3, 0.4) is 0 Å². The predicted octanol–water partition coefficient (Wildman–Crippen LogP) is 5.40. The van der Waals surface area contributed by atoms with Crippen LogP contribution in [0.4, 0.5) is 5.69 Å². The fourth-order valence-corrected chi connectivity index (χ4v) is 5.00. The molecule has 1 aromatic carbocycles. The number of aromatic nitrogens is 5. The van der Waals surface area contributed by atoms with Gasteiger partial charge in [0.15, 0.2) is 0 Å². The molecule has 0 atom stereocenters. The first kappa shape index (κ1) is 22.1. The van der Waals surface area contributed by atoms with E-state index in [0.717, 1.165) is 55.6 Å². The van der Waals surface area contributed by atoms with Crippen molar-refractivity contribution >= 4 is 44.7 Å². The van der Waals surface area contributed by atoms with Crippen LogP contribution in [-0.2, 0) is 4.79 Å². The summed E-state index contributed by atoms with van der Waals surface area (Å²) >= 11 is 1.66. The van der Waals surface area contributed by atoms with E-state index in [1.165, 1.54) is 0 Å². The van der Waals surface area contributed by atoms with Crippen LogP contribution < -0.4 is 5.32 Å². The largest absolute Gasteiger partial charge is 0.353 e. The highest BCUT2D eigenvalue weighted by Crippen LogP contribution is 2.35. The van der Waals surface area contributed by atoms with Gasteiger partial charge in [0, 0.05) is 45.2 Å². The summed E-state index contributed by atoms with van der Waals surface area (Å²) in [4.78, 5) is 26.5. The number of amides is 1. The van der Waals surface area contributed by atoms with Crippen molar-refractivity contribution in [3.8, 4) is 33.8 Å². The van der Waals surface area contributed by atoms with Gasteiger partial charge in [-0.3, -0.25) is 19.9 Å². The summed E-state index contributed by atoms with van der Waals surface area (Å²) in [6.07, 6.45) is 5.28. The third-order valence-corrected chi connectivity index (χ3v) is 6.66. The quantitative estimate of drug-likeness (QED) is 0.288. The molecule has 6 rings (SSSR count). The molecule has 3 N–H and O–H groups in total. The van der Waals surface area contributed by atoms with Gasteiger partial charge >= 0.3 is 0 Å². The summed E-state index contributed by atoms with van der Waals surface area (Å²) in [6, 6.07) is 14.2. The summed E-state index contributed by atoms with van der Waals surface area (Å²) in [6.45, 7) is 0.308. The summed E-state index contributed by atoms with van der Waals surface area (Å²) in [5, 5.41) is 16.9. The molecule has 0 aliphatic heterocycles. The number of pyridine rings is 2. The highest BCUT2D eigenvalue weighted by Gasteiger charge is 2.15. The Bertz CT molecular complexity index is 1700. The fraction of sp³-hybridized carbons (Fsp3) is 0.111. The van der Waals surface area contributed by atoms with Gasteiger partial charge in [0.05, 0.1) is 35.3 Å². The Balaban J connectivity index is 1.38. The Hall–Kier alpha value is -4.34. The molecule has 0 bridgehead atoms. The molecule has 5 heterocycles. The number of carbonyl (C=O) groups is 1. The summed E-state index contributed by atoms with van der Waals surface area (Å²) in [7, 11) is 3.72. The summed E-state index contributed by atoms with van der Waals surface area (Å²) in [5.74, 6) is -0.0818. The first-order chi connectivity index (χ1) is 17.5. The maximum Gasteiger partial charge on any atom is 0.238 e. The van der Waals surface area contributed by atoms with Crippen molar-refractivity contribution in [2.24, 2.45) is 0 Å². The average Bonchev–Trinajstić information content (AvgIpc) is 3.62. The molecule has 5 aromatic heterocycles. The van der Waals surface area contributed by atoms with Gasteiger partial charge in [0.1, 0.15) is 5.69 Å². The van der Waals surface area contributed by atoms with E-state index in [1.54, 1.807) is 23.7 Å². The zero-order chi connectivity index (χ0) is 24.6. The standard InChI is InChI=1S/C27H23N7OS/c1-34(2)14-25(35)30-19-9-18(12-28-13-19)16-3-4-23-20(10-16)27(33-32-23)24-11-21-22(31-24)5-7-29-26(21)17-6-8-36-15-17/h3-13,15,31H,14H2,1-2H3,(H,30,35)(H,32,33). The van der Waals surface area contributed by atoms with Crippen LogP contribution in [0.2, 0.25) is 0 Å². The Morgan fingerprint density at radius 2 is 1.86 bits per heavy atom. The van der Waals surface area contributed by atoms with Crippen molar-refractivity contribution < 1.29 is 4.79 Å². The Labute approximate surface area is 211 Å². The fourth-order valence-electron chi connectivity index (χ4n) is 4.36. The van der Waals surface area contributed by atoms with E-state index in [0.29, 0.717) is 12.2 Å². The second-order valence-electron chi connectivity index (χ2n) is 8.90. The van der Waals surface area contributed by atoms with Crippen molar-refractivity contribution in [2.45, 2.75) is 0 Å². The van der Waals surface area contributed by atoms with Crippen molar-refractivity contribution in [3.05, 3.63) is 71.8 Å². The lowest BCUT2D eigenvalue weighted by molar-refractivity contribution is -0.116. The number of H-pyrrole nitrogens is 2. The highest BCUT2D eigenvalue weighted by atomic mass is 32.1. The molecule has 0 aliphatic rings. The lowest BCUT2D eigenvalue weighted by atomic mass is 10.0. The van der Waals surface area contributed by atoms with Crippen molar-refractivity contribution in [3.63, 3.8) is 0 Å². The van der Waals surface area contributed by atoms with E-state index in [4.69, 9.17) is 0 Å². The van der Waals surface area contributed by atoms with Crippen LogP contribution in [-0.4, -0.2) is 56.6 Å². The van der Waals surface area contributed by atoms with E-state index in [2.05, 4.69) is 59.4 Å². The van der Waals surface area contributed by atoms with Crippen LogP contribution in [0.25, 0.3) is 55.6 Å². The predicted molar refractivity (Wildman–Crippen MR) is 145 cm³/mol. The minimum Gasteiger partial charge on any atom is -0.353 e. The molecule has 36 heavy (non-hydrogen) atoms. The molecule has 0 fully saturated rings. The van der Waals surface area contributed by atoms with Crippen LogP contribution in [0.15, 0.2) is 71.8 Å². The van der Waals surface area contributed by atoms with Gasteiger partial charge in [-0.15, -0.1) is 0 Å². The van der Waals surface area contributed by atoms with Gasteiger partial charge < -0.3 is 15.2 Å². The molecular formula is C27H23N7OS. The molecule has 0 unspecified atom stereocenters. The Morgan fingerprint density at radius 3 is 2.69 bits per heavy atom. The van der Waals surface area contributed by atoms with E-state index < -0.39 is 0 Å². The lowest BCUT2D eigenvalue weighted by Crippen LogP contribution is -2.27. The molecule has 0 saturated carbocycles. The number of fused-ring (bicyclic) bond motifs is 2. The third-order valence-electron chi connectivity index (χ3n) is 5.98.